The molecule has 0 aliphatic rings. The molecule has 3 nitrogen and oxygen atoms in total. The van der Waals surface area contributed by atoms with Crippen LogP contribution in [0.3, 0.4) is 0 Å². The lowest BCUT2D eigenvalue weighted by Crippen LogP contribution is -2.08. The number of benzene rings is 2. The Bertz CT molecular complexity index is 941. The lowest BCUT2D eigenvalue weighted by atomic mass is 9.94. The number of methoxy groups -OCH3 is 1. The minimum absolute atomic E-state index is 0.0447. The van der Waals surface area contributed by atoms with Gasteiger partial charge in [0.25, 0.3) is 0 Å². The molecular weight excluding hydrogens is 368 g/mol. The van der Waals surface area contributed by atoms with E-state index >= 15 is 0 Å². The van der Waals surface area contributed by atoms with Gasteiger partial charge in [-0.05, 0) is 53.3 Å². The SMILES string of the molecule is COC(=O)c1ccc(CC(=O)c2c(C)cccc2Cl)c(-c2cccs2)c1. The summed E-state index contributed by atoms with van der Waals surface area (Å²) in [5, 5.41) is 2.42. The highest BCUT2D eigenvalue weighted by Crippen LogP contribution is 2.31. The van der Waals surface area contributed by atoms with Crippen molar-refractivity contribution in [3.8, 4) is 10.4 Å². The van der Waals surface area contributed by atoms with Crippen molar-refractivity contribution < 1.29 is 14.3 Å². The van der Waals surface area contributed by atoms with E-state index < -0.39 is 5.97 Å². The standard InChI is InChI=1S/C21H17ClO3S/c1-13-5-3-6-17(22)20(13)18(23)12-14-8-9-15(21(24)25-2)11-16(14)19-7-4-10-26-19/h3-11H,12H2,1-2H3. The van der Waals surface area contributed by atoms with Gasteiger partial charge in [0.05, 0.1) is 17.7 Å². The number of carbonyl (C=O) groups is 2. The van der Waals surface area contributed by atoms with Crippen LogP contribution in [0.15, 0.2) is 53.9 Å². The quantitative estimate of drug-likeness (QED) is 0.425. The molecule has 0 fully saturated rings. The predicted octanol–water partition coefficient (Wildman–Crippen LogP) is 5.59. The van der Waals surface area contributed by atoms with Crippen LogP contribution in [0.1, 0.15) is 31.8 Å². The van der Waals surface area contributed by atoms with Crippen LogP contribution in [0.2, 0.25) is 5.02 Å². The molecule has 3 rings (SSSR count). The van der Waals surface area contributed by atoms with Crippen molar-refractivity contribution in [3.05, 3.63) is 81.2 Å². The molecule has 0 unspecified atom stereocenters. The third-order valence-corrected chi connectivity index (χ3v) is 5.39. The predicted molar refractivity (Wildman–Crippen MR) is 105 cm³/mol. The highest BCUT2D eigenvalue weighted by Gasteiger charge is 2.18. The first-order chi connectivity index (χ1) is 12.5. The summed E-state index contributed by atoms with van der Waals surface area (Å²) in [6.45, 7) is 1.87. The van der Waals surface area contributed by atoms with Crippen LogP contribution in [0, 0.1) is 6.92 Å². The molecule has 0 N–H and O–H groups in total. The molecule has 0 spiro atoms. The summed E-state index contributed by atoms with van der Waals surface area (Å²) < 4.78 is 4.81. The van der Waals surface area contributed by atoms with Crippen molar-refractivity contribution in [1.82, 2.24) is 0 Å². The number of thiophene rings is 1. The van der Waals surface area contributed by atoms with E-state index in [1.807, 2.05) is 42.6 Å². The second-order valence-corrected chi connectivity index (χ2v) is 7.23. The third kappa shape index (κ3) is 3.71. The molecule has 0 amide bonds. The molecule has 0 atom stereocenters. The van der Waals surface area contributed by atoms with Gasteiger partial charge < -0.3 is 4.74 Å². The Balaban J connectivity index is 2.02. The van der Waals surface area contributed by atoms with Gasteiger partial charge in [-0.2, -0.15) is 0 Å². The van der Waals surface area contributed by atoms with Crippen molar-refractivity contribution in [2.24, 2.45) is 0 Å². The van der Waals surface area contributed by atoms with E-state index in [0.29, 0.717) is 16.1 Å². The molecule has 0 aliphatic carbocycles. The largest absolute Gasteiger partial charge is 0.465 e. The summed E-state index contributed by atoms with van der Waals surface area (Å²) in [5.74, 6) is -0.445. The van der Waals surface area contributed by atoms with Gasteiger partial charge >= 0.3 is 5.97 Å². The number of hydrogen-bond acceptors (Lipinski definition) is 4. The number of carbonyl (C=O) groups excluding carboxylic acids is 2. The lowest BCUT2D eigenvalue weighted by Gasteiger charge is -2.12. The number of halogens is 1. The molecule has 0 saturated carbocycles. The first kappa shape index (κ1) is 18.4. The number of rotatable bonds is 5. The Kier molecular flexibility index (Phi) is 5.55. The Hall–Kier alpha value is -2.43. The van der Waals surface area contributed by atoms with Crippen LogP contribution in [0.5, 0.6) is 0 Å². The number of ketones is 1. The van der Waals surface area contributed by atoms with E-state index in [9.17, 15) is 9.59 Å². The van der Waals surface area contributed by atoms with E-state index in [2.05, 4.69) is 0 Å². The van der Waals surface area contributed by atoms with Crippen molar-refractivity contribution in [2.45, 2.75) is 13.3 Å². The summed E-state index contributed by atoms with van der Waals surface area (Å²) >= 11 is 7.79. The summed E-state index contributed by atoms with van der Waals surface area (Å²) in [6.07, 6.45) is 0.208. The fourth-order valence-corrected chi connectivity index (χ4v) is 3.99. The van der Waals surface area contributed by atoms with Gasteiger partial charge in [0, 0.05) is 16.9 Å². The number of esters is 1. The zero-order valence-corrected chi connectivity index (χ0v) is 16.0. The van der Waals surface area contributed by atoms with Crippen LogP contribution in [-0.2, 0) is 11.2 Å². The Morgan fingerprint density at radius 2 is 1.92 bits per heavy atom. The topological polar surface area (TPSA) is 43.4 Å². The first-order valence-corrected chi connectivity index (χ1v) is 9.30. The number of ether oxygens (including phenoxy) is 1. The summed E-state index contributed by atoms with van der Waals surface area (Å²) in [6, 6.07) is 14.6. The summed E-state index contributed by atoms with van der Waals surface area (Å²) in [5.41, 5.74) is 3.57. The van der Waals surface area contributed by atoms with Crippen LogP contribution in [0.25, 0.3) is 10.4 Å². The average Bonchev–Trinajstić information content (AvgIpc) is 3.15. The Morgan fingerprint density at radius 1 is 1.12 bits per heavy atom. The smallest absolute Gasteiger partial charge is 0.337 e. The second kappa shape index (κ2) is 7.85. The molecule has 0 saturated heterocycles. The van der Waals surface area contributed by atoms with E-state index in [1.54, 1.807) is 29.5 Å². The second-order valence-electron chi connectivity index (χ2n) is 5.87. The molecule has 26 heavy (non-hydrogen) atoms. The first-order valence-electron chi connectivity index (χ1n) is 8.04. The van der Waals surface area contributed by atoms with E-state index in [0.717, 1.165) is 21.6 Å². The van der Waals surface area contributed by atoms with Crippen molar-refractivity contribution in [1.29, 1.82) is 0 Å². The number of hydrogen-bond donors (Lipinski definition) is 0. The fraction of sp³-hybridized carbons (Fsp3) is 0.143. The molecule has 1 aromatic heterocycles. The maximum atomic E-state index is 12.9. The Labute approximate surface area is 161 Å². The Morgan fingerprint density at radius 3 is 2.58 bits per heavy atom. The van der Waals surface area contributed by atoms with Crippen LogP contribution in [-0.4, -0.2) is 18.9 Å². The van der Waals surface area contributed by atoms with E-state index in [-0.39, 0.29) is 12.2 Å². The van der Waals surface area contributed by atoms with Crippen molar-refractivity contribution in [2.75, 3.05) is 7.11 Å². The summed E-state index contributed by atoms with van der Waals surface area (Å²) in [7, 11) is 1.35. The molecular formula is C21H17ClO3S. The molecule has 5 heteroatoms. The molecule has 0 bridgehead atoms. The van der Waals surface area contributed by atoms with Gasteiger partial charge in [0.15, 0.2) is 5.78 Å². The number of Topliss-reactive ketones (excluding diaryl/α,β-unsaturated/α-hetero) is 1. The monoisotopic (exact) mass is 384 g/mol. The van der Waals surface area contributed by atoms with Crippen molar-refractivity contribution in [3.63, 3.8) is 0 Å². The molecule has 2 aromatic carbocycles. The highest BCUT2D eigenvalue weighted by atomic mass is 35.5. The van der Waals surface area contributed by atoms with Crippen LogP contribution in [0.4, 0.5) is 0 Å². The maximum Gasteiger partial charge on any atom is 0.337 e. The zero-order valence-electron chi connectivity index (χ0n) is 14.4. The van der Waals surface area contributed by atoms with Crippen LogP contribution >= 0.6 is 22.9 Å². The minimum Gasteiger partial charge on any atom is -0.465 e. The van der Waals surface area contributed by atoms with E-state index in [4.69, 9.17) is 16.3 Å². The molecule has 3 aromatic rings. The third-order valence-electron chi connectivity index (χ3n) is 4.17. The summed E-state index contributed by atoms with van der Waals surface area (Å²) in [4.78, 5) is 25.8. The number of aryl methyl sites for hydroxylation is 1. The van der Waals surface area contributed by atoms with Gasteiger partial charge in [-0.25, -0.2) is 4.79 Å². The average molecular weight is 385 g/mol. The highest BCUT2D eigenvalue weighted by molar-refractivity contribution is 7.13. The van der Waals surface area contributed by atoms with Gasteiger partial charge in [-0.3, -0.25) is 4.79 Å². The fourth-order valence-electron chi connectivity index (χ4n) is 2.88. The van der Waals surface area contributed by atoms with Gasteiger partial charge in [-0.15, -0.1) is 11.3 Å². The normalized spacial score (nSPS) is 10.6. The zero-order chi connectivity index (χ0) is 18.7. The van der Waals surface area contributed by atoms with Crippen LogP contribution < -0.4 is 0 Å². The van der Waals surface area contributed by atoms with Crippen molar-refractivity contribution >= 4 is 34.7 Å². The molecule has 1 heterocycles. The van der Waals surface area contributed by atoms with Gasteiger partial charge in [0.2, 0.25) is 0 Å². The van der Waals surface area contributed by atoms with E-state index in [1.165, 1.54) is 7.11 Å². The lowest BCUT2D eigenvalue weighted by molar-refractivity contribution is 0.0600. The molecule has 132 valence electrons. The van der Waals surface area contributed by atoms with Gasteiger partial charge in [-0.1, -0.05) is 35.9 Å². The molecule has 0 radical (unpaired) electrons. The maximum absolute atomic E-state index is 12.9. The minimum atomic E-state index is -0.400. The van der Waals surface area contributed by atoms with Gasteiger partial charge in [0.1, 0.15) is 0 Å². The molecule has 0 aliphatic heterocycles.